The summed E-state index contributed by atoms with van der Waals surface area (Å²) < 4.78 is 0. The van der Waals surface area contributed by atoms with E-state index in [0.29, 0.717) is 12.6 Å². The van der Waals surface area contributed by atoms with Crippen molar-refractivity contribution in [1.29, 1.82) is 0 Å². The van der Waals surface area contributed by atoms with E-state index in [1.54, 1.807) is 0 Å². The maximum absolute atomic E-state index is 9.99. The smallest absolute Gasteiger partial charge is 0.381 e. The maximum atomic E-state index is 9.99. The largest absolute Gasteiger partial charge is 0.472 e. The van der Waals surface area contributed by atoms with Gasteiger partial charge in [-0.2, -0.15) is 0 Å². The summed E-state index contributed by atoms with van der Waals surface area (Å²) in [5, 5.41) is 11.4. The Bertz CT molecular complexity index is 208. The SMILES string of the molecule is O=C(O)C#CCNC1CCCC1. The Balaban J connectivity index is 2.10. The van der Waals surface area contributed by atoms with Crippen molar-refractivity contribution in [3.05, 3.63) is 0 Å². The van der Waals surface area contributed by atoms with Crippen LogP contribution in [0.25, 0.3) is 0 Å². The van der Waals surface area contributed by atoms with Crippen LogP contribution in [0.5, 0.6) is 0 Å². The van der Waals surface area contributed by atoms with E-state index in [1.807, 2.05) is 0 Å². The van der Waals surface area contributed by atoms with Gasteiger partial charge >= 0.3 is 5.97 Å². The van der Waals surface area contributed by atoms with Crippen molar-refractivity contribution in [3.63, 3.8) is 0 Å². The molecule has 0 amide bonds. The second-order valence-electron chi connectivity index (χ2n) is 2.97. The van der Waals surface area contributed by atoms with Crippen LogP contribution in [0.4, 0.5) is 0 Å². The molecule has 0 atom stereocenters. The molecule has 12 heavy (non-hydrogen) atoms. The molecule has 1 aliphatic carbocycles. The van der Waals surface area contributed by atoms with Gasteiger partial charge in [-0.15, -0.1) is 0 Å². The molecule has 0 aromatic carbocycles. The van der Waals surface area contributed by atoms with Gasteiger partial charge < -0.3 is 10.4 Å². The van der Waals surface area contributed by atoms with Crippen molar-refractivity contribution < 1.29 is 9.90 Å². The maximum Gasteiger partial charge on any atom is 0.381 e. The fourth-order valence-electron chi connectivity index (χ4n) is 1.45. The number of carboxylic acid groups (broad SMARTS) is 1. The highest BCUT2D eigenvalue weighted by atomic mass is 16.4. The summed E-state index contributed by atoms with van der Waals surface area (Å²) in [6, 6.07) is 0.563. The molecule has 66 valence electrons. The van der Waals surface area contributed by atoms with Gasteiger partial charge in [0.25, 0.3) is 0 Å². The quantitative estimate of drug-likeness (QED) is 0.592. The monoisotopic (exact) mass is 167 g/mol. The highest BCUT2D eigenvalue weighted by molar-refractivity contribution is 5.86. The lowest BCUT2D eigenvalue weighted by Gasteiger charge is -2.06. The second-order valence-corrected chi connectivity index (χ2v) is 2.97. The minimum atomic E-state index is -1.05. The molecule has 1 rings (SSSR count). The van der Waals surface area contributed by atoms with Crippen LogP contribution in [0.3, 0.4) is 0 Å². The number of hydrogen-bond acceptors (Lipinski definition) is 2. The molecule has 1 fully saturated rings. The van der Waals surface area contributed by atoms with Crippen LogP contribution in [-0.2, 0) is 4.79 Å². The number of nitrogens with one attached hydrogen (secondary N) is 1. The van der Waals surface area contributed by atoms with Crippen molar-refractivity contribution in [1.82, 2.24) is 5.32 Å². The van der Waals surface area contributed by atoms with Gasteiger partial charge in [0.1, 0.15) is 0 Å². The second kappa shape index (κ2) is 4.78. The van der Waals surface area contributed by atoms with Crippen molar-refractivity contribution in [3.8, 4) is 11.8 Å². The van der Waals surface area contributed by atoms with Gasteiger partial charge in [0.05, 0.1) is 6.54 Å². The lowest BCUT2D eigenvalue weighted by Crippen LogP contribution is -2.26. The topological polar surface area (TPSA) is 49.3 Å². The summed E-state index contributed by atoms with van der Waals surface area (Å²) in [4.78, 5) is 9.99. The van der Waals surface area contributed by atoms with Crippen LogP contribution in [0, 0.1) is 11.8 Å². The molecule has 0 aromatic heterocycles. The van der Waals surface area contributed by atoms with Gasteiger partial charge in [-0.3, -0.25) is 0 Å². The van der Waals surface area contributed by atoms with Crippen LogP contribution in [0.2, 0.25) is 0 Å². The zero-order valence-electron chi connectivity index (χ0n) is 6.97. The van der Waals surface area contributed by atoms with Crippen LogP contribution >= 0.6 is 0 Å². The number of carbonyl (C=O) groups is 1. The molecule has 2 N–H and O–H groups in total. The Morgan fingerprint density at radius 1 is 1.50 bits per heavy atom. The fraction of sp³-hybridized carbons (Fsp3) is 0.667. The van der Waals surface area contributed by atoms with E-state index in [1.165, 1.54) is 25.7 Å². The number of carboxylic acids is 1. The van der Waals surface area contributed by atoms with E-state index in [-0.39, 0.29) is 0 Å². The van der Waals surface area contributed by atoms with Crippen LogP contribution in [0.1, 0.15) is 25.7 Å². The molecular weight excluding hydrogens is 154 g/mol. The molecule has 3 heteroatoms. The van der Waals surface area contributed by atoms with Crippen LogP contribution in [-0.4, -0.2) is 23.7 Å². The Hall–Kier alpha value is -1.01. The Kier molecular flexibility index (Phi) is 3.62. The summed E-state index contributed by atoms with van der Waals surface area (Å²) in [5.41, 5.74) is 0. The fourth-order valence-corrected chi connectivity index (χ4v) is 1.45. The molecule has 0 aliphatic heterocycles. The third kappa shape index (κ3) is 3.40. The molecule has 0 unspecified atom stereocenters. The van der Waals surface area contributed by atoms with Gasteiger partial charge in [-0.1, -0.05) is 18.8 Å². The molecule has 0 radical (unpaired) electrons. The summed E-state index contributed by atoms with van der Waals surface area (Å²) in [7, 11) is 0. The van der Waals surface area contributed by atoms with Crippen LogP contribution in [0.15, 0.2) is 0 Å². The molecule has 1 saturated carbocycles. The minimum Gasteiger partial charge on any atom is -0.472 e. The third-order valence-corrected chi connectivity index (χ3v) is 2.03. The number of rotatable bonds is 2. The third-order valence-electron chi connectivity index (χ3n) is 2.03. The highest BCUT2D eigenvalue weighted by Gasteiger charge is 2.12. The average Bonchev–Trinajstić information content (AvgIpc) is 2.49. The zero-order chi connectivity index (χ0) is 8.81. The zero-order valence-corrected chi connectivity index (χ0v) is 6.97. The predicted molar refractivity (Wildman–Crippen MR) is 45.7 cm³/mol. The minimum absolute atomic E-state index is 0.497. The Morgan fingerprint density at radius 2 is 2.17 bits per heavy atom. The normalized spacial score (nSPS) is 17.0. The first-order valence-corrected chi connectivity index (χ1v) is 4.24. The summed E-state index contributed by atoms with van der Waals surface area (Å²) in [5.74, 6) is 3.57. The van der Waals surface area contributed by atoms with E-state index >= 15 is 0 Å². The van der Waals surface area contributed by atoms with E-state index in [0.717, 1.165) is 0 Å². The van der Waals surface area contributed by atoms with Crippen LogP contribution < -0.4 is 5.32 Å². The average molecular weight is 167 g/mol. The molecule has 0 spiro atoms. The first-order valence-electron chi connectivity index (χ1n) is 4.24. The number of hydrogen-bond donors (Lipinski definition) is 2. The molecule has 3 nitrogen and oxygen atoms in total. The van der Waals surface area contributed by atoms with E-state index in [4.69, 9.17) is 5.11 Å². The Labute approximate surface area is 72.2 Å². The lowest BCUT2D eigenvalue weighted by molar-refractivity contribution is -0.130. The standard InChI is InChI=1S/C9H13NO2/c11-9(12)6-3-7-10-8-4-1-2-5-8/h8,10H,1-2,4-5,7H2,(H,11,12). The van der Waals surface area contributed by atoms with Crippen molar-refractivity contribution in [2.24, 2.45) is 0 Å². The molecule has 0 heterocycles. The van der Waals surface area contributed by atoms with Gasteiger partial charge in [-0.05, 0) is 12.8 Å². The molecule has 0 bridgehead atoms. The number of aliphatic carboxylic acids is 1. The molecule has 0 saturated heterocycles. The van der Waals surface area contributed by atoms with Crippen molar-refractivity contribution in [2.75, 3.05) is 6.54 Å². The van der Waals surface area contributed by atoms with Crippen molar-refractivity contribution >= 4 is 5.97 Å². The van der Waals surface area contributed by atoms with E-state index in [2.05, 4.69) is 17.2 Å². The predicted octanol–water partition coefficient (Wildman–Crippen LogP) is 0.607. The van der Waals surface area contributed by atoms with Gasteiger partial charge in [0, 0.05) is 12.0 Å². The van der Waals surface area contributed by atoms with E-state index in [9.17, 15) is 4.79 Å². The first-order chi connectivity index (χ1) is 5.79. The van der Waals surface area contributed by atoms with Gasteiger partial charge in [0.2, 0.25) is 0 Å². The lowest BCUT2D eigenvalue weighted by atomic mass is 10.2. The van der Waals surface area contributed by atoms with E-state index < -0.39 is 5.97 Å². The molecule has 1 aliphatic rings. The summed E-state index contributed by atoms with van der Waals surface area (Å²) in [6.07, 6.45) is 4.97. The first kappa shape index (κ1) is 9.08. The molecular formula is C9H13NO2. The molecule has 0 aromatic rings. The summed E-state index contributed by atoms with van der Waals surface area (Å²) >= 11 is 0. The summed E-state index contributed by atoms with van der Waals surface area (Å²) in [6.45, 7) is 0.497. The Morgan fingerprint density at radius 3 is 2.75 bits per heavy atom. The van der Waals surface area contributed by atoms with Crippen molar-refractivity contribution in [2.45, 2.75) is 31.7 Å². The highest BCUT2D eigenvalue weighted by Crippen LogP contribution is 2.16. The van der Waals surface area contributed by atoms with Gasteiger partial charge in [-0.25, -0.2) is 4.79 Å². The van der Waals surface area contributed by atoms with Gasteiger partial charge in [0.15, 0.2) is 0 Å².